The molecule has 0 radical (unpaired) electrons. The molecule has 2 N–H and O–H groups in total. The molecule has 6 rings (SSSR count). The van der Waals surface area contributed by atoms with Crippen molar-refractivity contribution in [2.75, 3.05) is 46.4 Å². The van der Waals surface area contributed by atoms with E-state index in [1.165, 1.54) is 32.4 Å². The molecule has 5 aliphatic heterocycles. The van der Waals surface area contributed by atoms with Crippen LogP contribution in [0.2, 0.25) is 0 Å². The second-order valence-corrected chi connectivity index (χ2v) is 9.85. The van der Waals surface area contributed by atoms with Gasteiger partial charge in [-0.25, -0.2) is 0 Å². The molecule has 4 fully saturated rings. The van der Waals surface area contributed by atoms with Crippen molar-refractivity contribution in [2.45, 2.75) is 56.0 Å². The van der Waals surface area contributed by atoms with E-state index < -0.39 is 11.6 Å². The van der Waals surface area contributed by atoms with Crippen LogP contribution in [0.3, 0.4) is 0 Å². The van der Waals surface area contributed by atoms with E-state index in [0.29, 0.717) is 29.6 Å². The summed E-state index contributed by atoms with van der Waals surface area (Å²) in [5.74, 6) is -0.738. The Labute approximate surface area is 182 Å². The van der Waals surface area contributed by atoms with Crippen LogP contribution in [0, 0.1) is 5.92 Å². The van der Waals surface area contributed by atoms with Crippen molar-refractivity contribution >= 4 is 11.6 Å². The van der Waals surface area contributed by atoms with Gasteiger partial charge in [-0.3, -0.25) is 9.59 Å². The molecule has 4 unspecified atom stereocenters. The number of piperidine rings is 2. The van der Waals surface area contributed by atoms with Gasteiger partial charge in [-0.2, -0.15) is 0 Å². The van der Waals surface area contributed by atoms with Crippen LogP contribution in [-0.2, 0) is 14.3 Å². The number of nitrogens with zero attached hydrogens (tertiary/aromatic N) is 3. The van der Waals surface area contributed by atoms with E-state index in [9.17, 15) is 14.7 Å². The number of hydrogen-bond acceptors (Lipinski definition) is 8. The number of carbonyl (C=O) groups excluding carboxylic acids is 2. The first-order valence-corrected chi connectivity index (χ1v) is 11.8. The third-order valence-corrected chi connectivity index (χ3v) is 8.51. The van der Waals surface area contributed by atoms with Gasteiger partial charge in [-0.1, -0.05) is 6.42 Å². The van der Waals surface area contributed by atoms with Crippen LogP contribution in [0.15, 0.2) is 23.0 Å². The average Bonchev–Trinajstić information content (AvgIpc) is 3.42. The highest BCUT2D eigenvalue weighted by Crippen LogP contribution is 2.55. The first-order chi connectivity index (χ1) is 15.1. The lowest BCUT2D eigenvalue weighted by atomic mass is 9.83. The summed E-state index contributed by atoms with van der Waals surface area (Å²) in [5, 5.41) is 13.7. The summed E-state index contributed by atoms with van der Waals surface area (Å²) in [6.45, 7) is 4.39. The predicted molar refractivity (Wildman–Crippen MR) is 113 cm³/mol. The number of ether oxygens (including phenoxy) is 1. The predicted octanol–water partition coefficient (Wildman–Crippen LogP) is -0.153. The number of allylic oxidation sites excluding steroid dienone is 2. The molecule has 0 spiro atoms. The minimum Gasteiger partial charge on any atom is -0.396 e. The summed E-state index contributed by atoms with van der Waals surface area (Å²) in [5.41, 5.74) is 0.580. The number of methoxy groups -OCH3 is 1. The highest BCUT2D eigenvalue weighted by Gasteiger charge is 2.72. The van der Waals surface area contributed by atoms with E-state index in [1.54, 1.807) is 13.2 Å². The minimum atomic E-state index is -0.833. The first-order valence-electron chi connectivity index (χ1n) is 11.8. The topological polar surface area (TPSA) is 95.3 Å². The van der Waals surface area contributed by atoms with E-state index in [0.717, 1.165) is 25.9 Å². The number of hydrogen-bond donors (Lipinski definition) is 2. The number of ketones is 2. The molecule has 0 bridgehead atoms. The van der Waals surface area contributed by atoms with Crippen LogP contribution in [0.4, 0.5) is 0 Å². The van der Waals surface area contributed by atoms with E-state index >= 15 is 0 Å². The number of aliphatic hydroxyl groups excluding tert-OH is 1. The lowest BCUT2D eigenvalue weighted by molar-refractivity contribution is -0.136. The SMILES string of the molecule is COC12C(CO)C3=C(C(=O)C=C(N4CCC(N5CCCCC5)CC4)C3=O)N1CC1NC12. The van der Waals surface area contributed by atoms with Gasteiger partial charge in [-0.15, -0.1) is 0 Å². The van der Waals surface area contributed by atoms with Crippen LogP contribution >= 0.6 is 0 Å². The number of piperazine rings is 1. The highest BCUT2D eigenvalue weighted by molar-refractivity contribution is 6.23. The number of aliphatic hydroxyl groups is 1. The van der Waals surface area contributed by atoms with Crippen LogP contribution in [0.5, 0.6) is 0 Å². The fourth-order valence-corrected chi connectivity index (χ4v) is 6.96. The van der Waals surface area contributed by atoms with Crippen molar-refractivity contribution in [3.8, 4) is 0 Å². The number of carbonyl (C=O) groups is 2. The molecule has 5 heterocycles. The van der Waals surface area contributed by atoms with E-state index in [2.05, 4.69) is 15.1 Å². The summed E-state index contributed by atoms with van der Waals surface area (Å²) in [7, 11) is 1.62. The molecule has 4 saturated heterocycles. The molecule has 0 saturated carbocycles. The summed E-state index contributed by atoms with van der Waals surface area (Å²) in [4.78, 5) is 33.6. The van der Waals surface area contributed by atoms with E-state index in [-0.39, 0.29) is 30.3 Å². The third kappa shape index (κ3) is 2.68. The number of Topliss-reactive ketones (excluding diaryl/α,β-unsaturated/α-hetero) is 1. The van der Waals surface area contributed by atoms with Crippen molar-refractivity contribution in [1.29, 1.82) is 0 Å². The summed E-state index contributed by atoms with van der Waals surface area (Å²) < 4.78 is 5.95. The molecule has 168 valence electrons. The van der Waals surface area contributed by atoms with Gasteiger partial charge in [0.25, 0.3) is 0 Å². The highest BCUT2D eigenvalue weighted by atomic mass is 16.5. The average molecular weight is 429 g/mol. The maximum absolute atomic E-state index is 13.7. The van der Waals surface area contributed by atoms with Gasteiger partial charge in [0.15, 0.2) is 5.72 Å². The minimum absolute atomic E-state index is 0.0459. The maximum atomic E-state index is 13.7. The van der Waals surface area contributed by atoms with Crippen molar-refractivity contribution in [3.63, 3.8) is 0 Å². The van der Waals surface area contributed by atoms with E-state index in [1.807, 2.05) is 4.90 Å². The van der Waals surface area contributed by atoms with Gasteiger partial charge in [0, 0.05) is 50.5 Å². The lowest BCUT2D eigenvalue weighted by Crippen LogP contribution is -2.54. The molecule has 0 aromatic carbocycles. The first kappa shape index (κ1) is 19.9. The Hall–Kier alpha value is -1.74. The van der Waals surface area contributed by atoms with Gasteiger partial charge in [0.2, 0.25) is 11.6 Å². The molecule has 31 heavy (non-hydrogen) atoms. The Bertz CT molecular complexity index is 871. The molecule has 6 aliphatic rings. The molecular formula is C23H32N4O4. The second-order valence-electron chi connectivity index (χ2n) is 9.85. The van der Waals surface area contributed by atoms with Gasteiger partial charge in [-0.05, 0) is 38.8 Å². The molecule has 8 heteroatoms. The Morgan fingerprint density at radius 2 is 1.90 bits per heavy atom. The Morgan fingerprint density at radius 3 is 2.58 bits per heavy atom. The van der Waals surface area contributed by atoms with Crippen LogP contribution < -0.4 is 5.32 Å². The molecule has 1 aliphatic carbocycles. The zero-order valence-electron chi connectivity index (χ0n) is 18.2. The van der Waals surface area contributed by atoms with Gasteiger partial charge >= 0.3 is 0 Å². The maximum Gasteiger partial charge on any atom is 0.207 e. The fraction of sp³-hybridized carbons (Fsp3) is 0.739. The fourth-order valence-electron chi connectivity index (χ4n) is 6.96. The Balaban J connectivity index is 1.23. The van der Waals surface area contributed by atoms with Gasteiger partial charge in [0.1, 0.15) is 0 Å². The smallest absolute Gasteiger partial charge is 0.207 e. The number of fused-ring (bicyclic) bond motifs is 4. The van der Waals surface area contributed by atoms with Crippen LogP contribution in [0.1, 0.15) is 32.1 Å². The summed E-state index contributed by atoms with van der Waals surface area (Å²) in [6.07, 6.45) is 7.49. The number of nitrogens with one attached hydrogen (secondary N) is 1. The quantitative estimate of drug-likeness (QED) is 0.472. The summed E-state index contributed by atoms with van der Waals surface area (Å²) in [6, 6.07) is 0.882. The normalized spacial score (nSPS) is 38.4. The molecule has 0 amide bonds. The van der Waals surface area contributed by atoms with Crippen LogP contribution in [-0.4, -0.2) is 102 Å². The Morgan fingerprint density at radius 1 is 1.16 bits per heavy atom. The summed E-state index contributed by atoms with van der Waals surface area (Å²) >= 11 is 0. The van der Waals surface area contributed by atoms with Crippen molar-refractivity contribution in [1.82, 2.24) is 20.0 Å². The Kier molecular flexibility index (Phi) is 4.58. The van der Waals surface area contributed by atoms with Crippen LogP contribution in [0.25, 0.3) is 0 Å². The zero-order valence-corrected chi connectivity index (χ0v) is 18.2. The standard InChI is InChI=1S/C23H32N4O4/c1-31-23-15(13-28)19-20(27(23)12-16-22(23)24-16)18(29)11-17(21(19)30)26-9-5-14(6-10-26)25-7-3-2-4-8-25/h11,14-16,22,24,28H,2-10,12-13H2,1H3. The third-order valence-electron chi connectivity index (χ3n) is 8.51. The molecule has 0 aromatic rings. The molecule has 4 atom stereocenters. The number of likely N-dealkylation sites (tertiary alicyclic amines) is 2. The zero-order chi connectivity index (χ0) is 21.3. The van der Waals surface area contributed by atoms with Crippen molar-refractivity contribution in [3.05, 3.63) is 23.0 Å². The van der Waals surface area contributed by atoms with Gasteiger partial charge < -0.3 is 29.9 Å². The number of rotatable bonds is 4. The molecular weight excluding hydrogens is 396 g/mol. The monoisotopic (exact) mass is 428 g/mol. The lowest BCUT2D eigenvalue weighted by Gasteiger charge is -2.41. The molecule has 8 nitrogen and oxygen atoms in total. The second kappa shape index (κ2) is 7.13. The van der Waals surface area contributed by atoms with Crippen molar-refractivity contribution in [2.24, 2.45) is 5.92 Å². The molecule has 0 aromatic heterocycles. The van der Waals surface area contributed by atoms with Gasteiger partial charge in [0.05, 0.1) is 30.0 Å². The van der Waals surface area contributed by atoms with E-state index in [4.69, 9.17) is 4.74 Å². The largest absolute Gasteiger partial charge is 0.396 e. The van der Waals surface area contributed by atoms with Crippen molar-refractivity contribution < 1.29 is 19.4 Å².